The Labute approximate surface area is 144 Å². The van der Waals surface area contributed by atoms with Crippen LogP contribution in [0.3, 0.4) is 0 Å². The van der Waals surface area contributed by atoms with E-state index in [0.29, 0.717) is 5.56 Å². The average Bonchev–Trinajstić information content (AvgIpc) is 2.65. The number of aromatic carboxylic acids is 1. The molecule has 0 radical (unpaired) electrons. The number of aliphatic hydroxyl groups excluding tert-OH is 1. The van der Waals surface area contributed by atoms with Gasteiger partial charge in [0.1, 0.15) is 0 Å². The molecule has 0 aliphatic heterocycles. The molecule has 0 saturated carbocycles. The maximum Gasteiger partial charge on any atom is 0.336 e. The molecule has 2 N–H and O–H groups in total. The summed E-state index contributed by atoms with van der Waals surface area (Å²) in [6, 6.07) is 23.5. The zero-order valence-electron chi connectivity index (χ0n) is 13.4. The first kappa shape index (κ1) is 15.4. The minimum absolute atomic E-state index is 0.137. The lowest BCUT2D eigenvalue weighted by molar-refractivity contribution is 0.0693. The van der Waals surface area contributed by atoms with Gasteiger partial charge in [-0.1, -0.05) is 54.6 Å². The summed E-state index contributed by atoms with van der Waals surface area (Å²) in [6.45, 7) is -0.318. The topological polar surface area (TPSA) is 57.5 Å². The number of carboxylic acids is 1. The van der Waals surface area contributed by atoms with Gasteiger partial charge in [0.05, 0.1) is 12.2 Å². The second kappa shape index (κ2) is 6.04. The second-order valence-electron chi connectivity index (χ2n) is 6.02. The van der Waals surface area contributed by atoms with E-state index < -0.39 is 5.97 Å². The molecule has 0 heterocycles. The van der Waals surface area contributed by atoms with Crippen molar-refractivity contribution in [3.8, 4) is 11.1 Å². The van der Waals surface area contributed by atoms with Crippen molar-refractivity contribution in [1.82, 2.24) is 0 Å². The maximum absolute atomic E-state index is 11.5. The number of benzene rings is 4. The first-order valence-corrected chi connectivity index (χ1v) is 8.07. The van der Waals surface area contributed by atoms with Crippen molar-refractivity contribution < 1.29 is 15.0 Å². The molecule has 4 aromatic carbocycles. The highest BCUT2D eigenvalue weighted by molar-refractivity contribution is 6.06. The van der Waals surface area contributed by atoms with Crippen molar-refractivity contribution >= 4 is 27.5 Å². The Bertz CT molecular complexity index is 1110. The van der Waals surface area contributed by atoms with Gasteiger partial charge in [-0.15, -0.1) is 0 Å². The molecule has 4 rings (SSSR count). The molecule has 0 fully saturated rings. The smallest absolute Gasteiger partial charge is 0.336 e. The largest absolute Gasteiger partial charge is 0.478 e. The van der Waals surface area contributed by atoms with Crippen LogP contribution in [0.15, 0.2) is 72.8 Å². The third-order valence-electron chi connectivity index (χ3n) is 4.60. The Kier molecular flexibility index (Phi) is 3.71. The minimum Gasteiger partial charge on any atom is -0.478 e. The summed E-state index contributed by atoms with van der Waals surface area (Å²) in [5, 5.41) is 23.6. The quantitative estimate of drug-likeness (QED) is 0.529. The minimum atomic E-state index is -1.03. The molecule has 3 nitrogen and oxygen atoms in total. The van der Waals surface area contributed by atoms with Crippen LogP contribution in [0, 0.1) is 0 Å². The predicted octanol–water partition coefficient (Wildman–Crippen LogP) is 4.85. The Hall–Kier alpha value is -3.17. The van der Waals surface area contributed by atoms with E-state index in [4.69, 9.17) is 0 Å². The Morgan fingerprint density at radius 1 is 0.760 bits per heavy atom. The van der Waals surface area contributed by atoms with Gasteiger partial charge in [-0.3, -0.25) is 0 Å². The molecule has 4 aromatic rings. The summed E-state index contributed by atoms with van der Waals surface area (Å²) in [7, 11) is 0. The molecule has 122 valence electrons. The third kappa shape index (κ3) is 2.55. The van der Waals surface area contributed by atoms with Crippen LogP contribution in [-0.4, -0.2) is 16.2 Å². The van der Waals surface area contributed by atoms with Crippen molar-refractivity contribution in [1.29, 1.82) is 0 Å². The molecule has 0 aliphatic rings. The van der Waals surface area contributed by atoms with Gasteiger partial charge in [0.2, 0.25) is 0 Å². The molecule has 0 aromatic heterocycles. The lowest BCUT2D eigenvalue weighted by Gasteiger charge is -2.14. The maximum atomic E-state index is 11.5. The van der Waals surface area contributed by atoms with Crippen molar-refractivity contribution in [3.63, 3.8) is 0 Å². The van der Waals surface area contributed by atoms with E-state index in [2.05, 4.69) is 24.3 Å². The highest BCUT2D eigenvalue weighted by Gasteiger charge is 2.16. The van der Waals surface area contributed by atoms with Gasteiger partial charge in [-0.2, -0.15) is 0 Å². The Balaban J connectivity index is 2.06. The zero-order chi connectivity index (χ0) is 17.4. The van der Waals surface area contributed by atoms with E-state index in [9.17, 15) is 15.0 Å². The monoisotopic (exact) mass is 328 g/mol. The van der Waals surface area contributed by atoms with E-state index in [1.54, 1.807) is 6.07 Å². The summed E-state index contributed by atoms with van der Waals surface area (Å²) in [6.07, 6.45) is 0. The summed E-state index contributed by atoms with van der Waals surface area (Å²) in [4.78, 5) is 11.5. The third-order valence-corrected chi connectivity index (χ3v) is 4.60. The molecule has 0 spiro atoms. The number of hydrogen-bond donors (Lipinski definition) is 2. The first-order valence-electron chi connectivity index (χ1n) is 8.07. The molecule has 25 heavy (non-hydrogen) atoms. The summed E-state index contributed by atoms with van der Waals surface area (Å²) in [5.74, 6) is -1.03. The van der Waals surface area contributed by atoms with Gasteiger partial charge in [0, 0.05) is 0 Å². The molecular formula is C22H16O3. The predicted molar refractivity (Wildman–Crippen MR) is 99.8 cm³/mol. The molecule has 0 amide bonds. The van der Waals surface area contributed by atoms with Crippen LogP contribution in [0.25, 0.3) is 32.7 Å². The van der Waals surface area contributed by atoms with Gasteiger partial charge >= 0.3 is 5.97 Å². The van der Waals surface area contributed by atoms with E-state index in [1.165, 1.54) is 6.07 Å². The van der Waals surface area contributed by atoms with Crippen LogP contribution in [0.2, 0.25) is 0 Å². The van der Waals surface area contributed by atoms with Crippen molar-refractivity contribution in [3.05, 3.63) is 83.9 Å². The van der Waals surface area contributed by atoms with Crippen LogP contribution in [0.4, 0.5) is 0 Å². The van der Waals surface area contributed by atoms with Gasteiger partial charge in [0.15, 0.2) is 0 Å². The summed E-state index contributed by atoms with van der Waals surface area (Å²) >= 11 is 0. The number of aliphatic hydroxyl groups is 1. The van der Waals surface area contributed by atoms with E-state index in [1.807, 2.05) is 36.4 Å². The van der Waals surface area contributed by atoms with E-state index in [0.717, 1.165) is 32.7 Å². The van der Waals surface area contributed by atoms with Gasteiger partial charge in [0.25, 0.3) is 0 Å². The van der Waals surface area contributed by atoms with E-state index >= 15 is 0 Å². The summed E-state index contributed by atoms with van der Waals surface area (Å²) in [5.41, 5.74) is 2.26. The van der Waals surface area contributed by atoms with Crippen LogP contribution in [0.5, 0.6) is 0 Å². The standard InChI is InChI=1S/C22H16O3/c23-13-21-18(9-4-10-19(21)22(24)25)17-8-3-7-16-11-14-5-1-2-6-15(14)12-20(16)17/h1-12,23H,13H2,(H,24,25). The van der Waals surface area contributed by atoms with Crippen LogP contribution in [0.1, 0.15) is 15.9 Å². The fraction of sp³-hybridized carbons (Fsp3) is 0.0455. The molecule has 0 atom stereocenters. The Morgan fingerprint density at radius 2 is 1.40 bits per heavy atom. The molecule has 0 bridgehead atoms. The van der Waals surface area contributed by atoms with Crippen LogP contribution < -0.4 is 0 Å². The molecule has 0 unspecified atom stereocenters. The van der Waals surface area contributed by atoms with Crippen LogP contribution >= 0.6 is 0 Å². The molecule has 0 saturated heterocycles. The number of carboxylic acid groups (broad SMARTS) is 1. The number of fused-ring (bicyclic) bond motifs is 2. The molecular weight excluding hydrogens is 312 g/mol. The SMILES string of the molecule is O=C(O)c1cccc(-c2cccc3cc4ccccc4cc23)c1CO. The summed E-state index contributed by atoms with van der Waals surface area (Å²) < 4.78 is 0. The Morgan fingerprint density at radius 3 is 2.12 bits per heavy atom. The van der Waals surface area contributed by atoms with Crippen molar-refractivity contribution in [2.24, 2.45) is 0 Å². The normalized spacial score (nSPS) is 11.1. The van der Waals surface area contributed by atoms with Crippen molar-refractivity contribution in [2.75, 3.05) is 0 Å². The number of hydrogen-bond acceptors (Lipinski definition) is 2. The number of carbonyl (C=O) groups is 1. The second-order valence-corrected chi connectivity index (χ2v) is 6.02. The lowest BCUT2D eigenvalue weighted by atomic mass is 9.91. The van der Waals surface area contributed by atoms with Gasteiger partial charge in [-0.25, -0.2) is 4.79 Å². The number of rotatable bonds is 3. The molecule has 3 heteroatoms. The highest BCUT2D eigenvalue weighted by Crippen LogP contribution is 2.34. The van der Waals surface area contributed by atoms with Gasteiger partial charge < -0.3 is 10.2 Å². The van der Waals surface area contributed by atoms with Crippen LogP contribution in [-0.2, 0) is 6.61 Å². The fourth-order valence-electron chi connectivity index (χ4n) is 3.41. The average molecular weight is 328 g/mol. The zero-order valence-corrected chi connectivity index (χ0v) is 13.4. The van der Waals surface area contributed by atoms with Crippen molar-refractivity contribution in [2.45, 2.75) is 6.61 Å². The van der Waals surface area contributed by atoms with E-state index in [-0.39, 0.29) is 12.2 Å². The lowest BCUT2D eigenvalue weighted by Crippen LogP contribution is -2.04. The highest BCUT2D eigenvalue weighted by atomic mass is 16.4. The molecule has 0 aliphatic carbocycles. The van der Waals surface area contributed by atoms with Gasteiger partial charge in [-0.05, 0) is 56.4 Å². The first-order chi connectivity index (χ1) is 12.2. The fourth-order valence-corrected chi connectivity index (χ4v) is 3.41.